The minimum absolute atomic E-state index is 0.0868. The molecule has 1 amide bonds. The predicted octanol–water partition coefficient (Wildman–Crippen LogP) is 0.895. The van der Waals surface area contributed by atoms with Gasteiger partial charge in [0, 0.05) is 0 Å². The van der Waals surface area contributed by atoms with Gasteiger partial charge in [0.15, 0.2) is 11.5 Å². The van der Waals surface area contributed by atoms with Crippen LogP contribution in [0.4, 0.5) is 11.5 Å². The molecule has 106 valence electrons. The molecule has 0 atom stereocenters. The molecule has 0 unspecified atom stereocenters. The van der Waals surface area contributed by atoms with Gasteiger partial charge in [-0.15, -0.1) is 10.2 Å². The first-order valence-corrected chi connectivity index (χ1v) is 5.88. The van der Waals surface area contributed by atoms with Crippen LogP contribution in [0.3, 0.4) is 0 Å². The van der Waals surface area contributed by atoms with Crippen LogP contribution in [0, 0.1) is 11.3 Å². The number of anilines is 2. The molecule has 2 aromatic rings. The summed E-state index contributed by atoms with van der Waals surface area (Å²) in [6.45, 7) is 0. The Balaban J connectivity index is 2.29. The van der Waals surface area contributed by atoms with E-state index in [1.807, 2.05) is 6.07 Å². The molecular formula is C13H12N6O2. The van der Waals surface area contributed by atoms with Crippen molar-refractivity contribution in [1.82, 2.24) is 10.2 Å². The van der Waals surface area contributed by atoms with Crippen LogP contribution in [0.15, 0.2) is 30.3 Å². The summed E-state index contributed by atoms with van der Waals surface area (Å²) < 4.78 is 5.13. The summed E-state index contributed by atoms with van der Waals surface area (Å²) in [5, 5.41) is 19.1. The molecule has 0 bridgehead atoms. The van der Waals surface area contributed by atoms with E-state index in [2.05, 4.69) is 20.9 Å². The summed E-state index contributed by atoms with van der Waals surface area (Å²) in [5.74, 6) is 5.38. The van der Waals surface area contributed by atoms with Crippen LogP contribution >= 0.6 is 0 Å². The molecule has 8 nitrogen and oxygen atoms in total. The van der Waals surface area contributed by atoms with Gasteiger partial charge in [-0.05, 0) is 24.3 Å². The number of hydrogen-bond acceptors (Lipinski definition) is 7. The molecule has 0 fully saturated rings. The number of benzene rings is 1. The van der Waals surface area contributed by atoms with Crippen LogP contribution in [0.2, 0.25) is 0 Å². The van der Waals surface area contributed by atoms with Gasteiger partial charge >= 0.3 is 0 Å². The number of nitrogen functional groups attached to an aromatic ring is 1. The summed E-state index contributed by atoms with van der Waals surface area (Å²) in [4.78, 5) is 12.1. The fourth-order valence-corrected chi connectivity index (χ4v) is 1.63. The van der Waals surface area contributed by atoms with Crippen molar-refractivity contribution in [3.05, 3.63) is 41.6 Å². The first-order valence-electron chi connectivity index (χ1n) is 5.88. The lowest BCUT2D eigenvalue weighted by Crippen LogP contribution is -2.17. The van der Waals surface area contributed by atoms with Gasteiger partial charge in [-0.25, -0.2) is 5.84 Å². The average molecular weight is 284 g/mol. The van der Waals surface area contributed by atoms with Crippen LogP contribution in [-0.2, 0) is 0 Å². The normalized spacial score (nSPS) is 9.57. The van der Waals surface area contributed by atoms with E-state index in [-0.39, 0.29) is 16.9 Å². The molecule has 0 saturated heterocycles. The van der Waals surface area contributed by atoms with Crippen molar-refractivity contribution in [3.8, 4) is 11.8 Å². The first kappa shape index (κ1) is 14.2. The standard InChI is InChI=1S/C13H12N6O2/c1-21-10-4-2-3-8(7-14)12(10)16-13(20)9-5-6-11(17-15)19-18-9/h2-6H,15H2,1H3,(H,16,20)(H,17,19). The second kappa shape index (κ2) is 6.31. The van der Waals surface area contributed by atoms with Crippen molar-refractivity contribution >= 4 is 17.4 Å². The molecule has 0 aliphatic carbocycles. The lowest BCUT2D eigenvalue weighted by atomic mass is 10.1. The van der Waals surface area contributed by atoms with E-state index >= 15 is 0 Å². The Morgan fingerprint density at radius 3 is 2.71 bits per heavy atom. The number of hydrogen-bond donors (Lipinski definition) is 3. The number of amides is 1. The number of nitriles is 1. The molecule has 0 saturated carbocycles. The van der Waals surface area contributed by atoms with Crippen LogP contribution in [0.1, 0.15) is 16.1 Å². The van der Waals surface area contributed by atoms with Gasteiger partial charge < -0.3 is 15.5 Å². The third-order valence-corrected chi connectivity index (χ3v) is 2.65. The second-order valence-electron chi connectivity index (χ2n) is 3.90. The van der Waals surface area contributed by atoms with Gasteiger partial charge in [-0.1, -0.05) is 6.07 Å². The SMILES string of the molecule is COc1cccc(C#N)c1NC(=O)c1ccc(NN)nn1. The largest absolute Gasteiger partial charge is 0.495 e. The Bertz CT molecular complexity index is 693. The van der Waals surface area contributed by atoms with Crippen molar-refractivity contribution < 1.29 is 9.53 Å². The lowest BCUT2D eigenvalue weighted by Gasteiger charge is -2.11. The molecule has 0 spiro atoms. The summed E-state index contributed by atoms with van der Waals surface area (Å²) in [7, 11) is 1.45. The molecule has 8 heteroatoms. The highest BCUT2D eigenvalue weighted by atomic mass is 16.5. The second-order valence-corrected chi connectivity index (χ2v) is 3.90. The maximum Gasteiger partial charge on any atom is 0.276 e. The van der Waals surface area contributed by atoms with Crippen molar-refractivity contribution in [2.75, 3.05) is 17.9 Å². The number of rotatable bonds is 4. The number of ether oxygens (including phenoxy) is 1. The minimum atomic E-state index is -0.507. The molecule has 1 aromatic heterocycles. The van der Waals surface area contributed by atoms with Gasteiger partial charge in [-0.2, -0.15) is 5.26 Å². The molecule has 4 N–H and O–H groups in total. The minimum Gasteiger partial charge on any atom is -0.495 e. The third-order valence-electron chi connectivity index (χ3n) is 2.65. The van der Waals surface area contributed by atoms with Crippen molar-refractivity contribution in [2.45, 2.75) is 0 Å². The molecule has 21 heavy (non-hydrogen) atoms. The molecule has 0 aliphatic heterocycles. The monoisotopic (exact) mass is 284 g/mol. The first-order chi connectivity index (χ1) is 10.2. The average Bonchev–Trinajstić information content (AvgIpc) is 2.55. The van der Waals surface area contributed by atoms with Crippen molar-refractivity contribution in [2.24, 2.45) is 5.84 Å². The zero-order chi connectivity index (χ0) is 15.2. The Hall–Kier alpha value is -3.18. The topological polar surface area (TPSA) is 126 Å². The summed E-state index contributed by atoms with van der Waals surface area (Å²) >= 11 is 0. The number of hydrazine groups is 1. The van der Waals surface area contributed by atoms with Crippen molar-refractivity contribution in [1.29, 1.82) is 5.26 Å². The van der Waals surface area contributed by atoms with Crippen LogP contribution in [0.25, 0.3) is 0 Å². The molecule has 2 rings (SSSR count). The summed E-state index contributed by atoms with van der Waals surface area (Å²) in [6, 6.07) is 9.83. The van der Waals surface area contributed by atoms with Crippen LogP contribution in [0.5, 0.6) is 5.75 Å². The fourth-order valence-electron chi connectivity index (χ4n) is 1.63. The van der Waals surface area contributed by atoms with Crippen LogP contribution in [-0.4, -0.2) is 23.2 Å². The zero-order valence-electron chi connectivity index (χ0n) is 11.1. The zero-order valence-corrected chi connectivity index (χ0v) is 11.1. The fraction of sp³-hybridized carbons (Fsp3) is 0.0769. The van der Waals surface area contributed by atoms with E-state index in [9.17, 15) is 4.79 Å². The molecule has 1 aromatic carbocycles. The number of carbonyl (C=O) groups excluding carboxylic acids is 1. The number of nitrogens with two attached hydrogens (primary N) is 1. The number of methoxy groups -OCH3 is 1. The van der Waals surface area contributed by atoms with E-state index in [1.165, 1.54) is 19.2 Å². The third kappa shape index (κ3) is 3.05. The van der Waals surface area contributed by atoms with Crippen LogP contribution < -0.4 is 21.3 Å². The number of para-hydroxylation sites is 1. The number of nitrogens with zero attached hydrogens (tertiary/aromatic N) is 3. The highest BCUT2D eigenvalue weighted by molar-refractivity contribution is 6.04. The van der Waals surface area contributed by atoms with Gasteiger partial charge in [0.25, 0.3) is 5.91 Å². The Labute approximate surface area is 120 Å². The van der Waals surface area contributed by atoms with Gasteiger partial charge in [0.2, 0.25) is 0 Å². The maximum absolute atomic E-state index is 12.1. The van der Waals surface area contributed by atoms with Gasteiger partial charge in [-0.3, -0.25) is 4.79 Å². The van der Waals surface area contributed by atoms with Gasteiger partial charge in [0.1, 0.15) is 17.5 Å². The van der Waals surface area contributed by atoms with Gasteiger partial charge in [0.05, 0.1) is 12.7 Å². The molecular weight excluding hydrogens is 272 g/mol. The Morgan fingerprint density at radius 1 is 1.33 bits per heavy atom. The molecule has 0 radical (unpaired) electrons. The summed E-state index contributed by atoms with van der Waals surface area (Å²) in [6.07, 6.45) is 0. The van der Waals surface area contributed by atoms with E-state index in [1.54, 1.807) is 18.2 Å². The Kier molecular flexibility index (Phi) is 4.28. The Morgan fingerprint density at radius 2 is 2.14 bits per heavy atom. The highest BCUT2D eigenvalue weighted by Crippen LogP contribution is 2.28. The number of carbonyl (C=O) groups is 1. The van der Waals surface area contributed by atoms with E-state index in [0.717, 1.165) is 0 Å². The smallest absolute Gasteiger partial charge is 0.276 e. The van der Waals surface area contributed by atoms with E-state index in [4.69, 9.17) is 15.8 Å². The summed E-state index contributed by atoms with van der Waals surface area (Å²) in [5.41, 5.74) is 2.97. The molecule has 1 heterocycles. The maximum atomic E-state index is 12.1. The quantitative estimate of drug-likeness (QED) is 0.562. The van der Waals surface area contributed by atoms with Crippen molar-refractivity contribution in [3.63, 3.8) is 0 Å². The number of aromatic nitrogens is 2. The molecule has 0 aliphatic rings. The van der Waals surface area contributed by atoms with E-state index < -0.39 is 5.91 Å². The predicted molar refractivity (Wildman–Crippen MR) is 75.5 cm³/mol. The number of nitrogens with one attached hydrogen (secondary N) is 2. The highest BCUT2D eigenvalue weighted by Gasteiger charge is 2.15. The lowest BCUT2D eigenvalue weighted by molar-refractivity contribution is 0.102. The van der Waals surface area contributed by atoms with E-state index in [0.29, 0.717) is 11.6 Å².